The number of hydrogen-bond acceptors (Lipinski definition) is 1. The van der Waals surface area contributed by atoms with E-state index in [4.69, 9.17) is 0 Å². The molecule has 0 bridgehead atoms. The molecule has 0 amide bonds. The van der Waals surface area contributed by atoms with E-state index in [1.807, 2.05) is 39.8 Å². The van der Waals surface area contributed by atoms with Crippen molar-refractivity contribution in [2.24, 2.45) is 0 Å². The van der Waals surface area contributed by atoms with Gasteiger partial charge >= 0.3 is 0 Å². The zero-order valence-electron chi connectivity index (χ0n) is 28.0. The fourth-order valence-electron chi connectivity index (χ4n) is 4.77. The first-order valence-corrected chi connectivity index (χ1v) is 15.5. The fraction of sp³-hybridized carbons (Fsp3) is 0.238. The van der Waals surface area contributed by atoms with Crippen molar-refractivity contribution in [1.29, 1.82) is 0 Å². The maximum atomic E-state index is 4.18. The van der Waals surface area contributed by atoms with Gasteiger partial charge in [-0.3, -0.25) is 0 Å². The Morgan fingerprint density at radius 1 is 0.860 bits per heavy atom. The monoisotopic (exact) mass is 571 g/mol. The largest absolute Gasteiger partial charge is 0.314 e. The summed E-state index contributed by atoms with van der Waals surface area (Å²) in [6.07, 6.45) is 29.6. The second-order valence-corrected chi connectivity index (χ2v) is 9.81. The summed E-state index contributed by atoms with van der Waals surface area (Å²) in [7, 11) is 0. The first-order chi connectivity index (χ1) is 20.9. The number of rotatable bonds is 10. The standard InChI is InChI=1S/C37H41N.C3H6.C2H6/c1-8-17-35-31(11-4)27-37(36(18-9-2)34(35)12-5)38(33-21-14-13-15-22-33)29(7)24-26-30(10-3)32-20-16-19-28(6)23-25-32;1-3-2;1-2/h8-9,11-18,20-27H,4-5,10,19H2,1-3,6-7H3;3H,1H2,2H3;1-2H3/b17-8-,18-9-,29-24+,30-26+;;. The molecule has 0 fully saturated rings. The third-order valence-corrected chi connectivity index (χ3v) is 6.72. The molecule has 0 saturated carbocycles. The van der Waals surface area contributed by atoms with E-state index in [9.17, 15) is 0 Å². The first kappa shape index (κ1) is 36.7. The number of benzene rings is 2. The second-order valence-electron chi connectivity index (χ2n) is 9.81. The fourth-order valence-corrected chi connectivity index (χ4v) is 4.77. The van der Waals surface area contributed by atoms with E-state index >= 15 is 0 Å². The van der Waals surface area contributed by atoms with Gasteiger partial charge in [0.05, 0.1) is 5.69 Å². The van der Waals surface area contributed by atoms with Crippen molar-refractivity contribution in [3.05, 3.63) is 155 Å². The van der Waals surface area contributed by atoms with E-state index < -0.39 is 0 Å². The van der Waals surface area contributed by atoms with Crippen LogP contribution in [0.15, 0.2) is 133 Å². The highest BCUT2D eigenvalue weighted by molar-refractivity contribution is 5.89. The lowest BCUT2D eigenvalue weighted by Gasteiger charge is -2.30. The summed E-state index contributed by atoms with van der Waals surface area (Å²) in [6, 6.07) is 12.8. The van der Waals surface area contributed by atoms with Gasteiger partial charge in [-0.25, -0.2) is 0 Å². The molecule has 0 N–H and O–H groups in total. The van der Waals surface area contributed by atoms with Crippen LogP contribution in [0.3, 0.4) is 0 Å². The lowest BCUT2D eigenvalue weighted by Crippen LogP contribution is -2.16. The number of para-hydroxylation sites is 1. The van der Waals surface area contributed by atoms with Crippen LogP contribution in [-0.2, 0) is 0 Å². The smallest absolute Gasteiger partial charge is 0.0542 e. The van der Waals surface area contributed by atoms with Gasteiger partial charge in [-0.1, -0.05) is 131 Å². The summed E-state index contributed by atoms with van der Waals surface area (Å²) in [5.74, 6) is 0. The predicted molar refractivity (Wildman–Crippen MR) is 200 cm³/mol. The van der Waals surface area contributed by atoms with Crippen molar-refractivity contribution in [2.45, 2.75) is 68.2 Å². The third-order valence-electron chi connectivity index (χ3n) is 6.72. The van der Waals surface area contributed by atoms with Gasteiger partial charge in [0.1, 0.15) is 0 Å². The number of anilines is 2. The Balaban J connectivity index is 0.00000174. The lowest BCUT2D eigenvalue weighted by molar-refractivity contribution is 1.11. The van der Waals surface area contributed by atoms with Crippen LogP contribution < -0.4 is 4.90 Å². The van der Waals surface area contributed by atoms with Crippen molar-refractivity contribution >= 4 is 35.7 Å². The normalized spacial score (nSPS) is 13.2. The zero-order valence-corrected chi connectivity index (χ0v) is 28.0. The van der Waals surface area contributed by atoms with Gasteiger partial charge in [0.15, 0.2) is 0 Å². The molecule has 0 atom stereocenters. The molecule has 1 nitrogen and oxygen atoms in total. The van der Waals surface area contributed by atoms with Crippen molar-refractivity contribution < 1.29 is 0 Å². The minimum Gasteiger partial charge on any atom is -0.314 e. The molecule has 2 aromatic rings. The molecule has 3 rings (SSSR count). The number of hydrogen-bond donors (Lipinski definition) is 0. The van der Waals surface area contributed by atoms with E-state index in [2.05, 4.69) is 149 Å². The molecular formula is C42H53N. The molecule has 1 aliphatic carbocycles. The Kier molecular flexibility index (Phi) is 17.5. The summed E-state index contributed by atoms with van der Waals surface area (Å²) < 4.78 is 0. The maximum Gasteiger partial charge on any atom is 0.0542 e. The minimum absolute atomic E-state index is 0.960. The molecule has 0 heterocycles. The molecule has 0 radical (unpaired) electrons. The molecule has 1 heteroatoms. The summed E-state index contributed by atoms with van der Waals surface area (Å²) in [5, 5.41) is 0. The Labute approximate surface area is 263 Å². The summed E-state index contributed by atoms with van der Waals surface area (Å²) in [4.78, 5) is 2.33. The SMILES string of the molecule is C=CC.C=Cc1cc(N(/C(C)=C/C=C(\CC)C2=CC=C(C)CC=C2)c2ccccc2)c(/C=C\C)c(C=C)c1/C=C\C.CC. The van der Waals surface area contributed by atoms with Gasteiger partial charge in [-0.2, -0.15) is 0 Å². The van der Waals surface area contributed by atoms with Crippen molar-refractivity contribution in [1.82, 2.24) is 0 Å². The van der Waals surface area contributed by atoms with Crippen LogP contribution in [0.5, 0.6) is 0 Å². The Morgan fingerprint density at radius 2 is 1.49 bits per heavy atom. The van der Waals surface area contributed by atoms with Gasteiger partial charge in [-0.15, -0.1) is 6.58 Å². The molecule has 0 saturated heterocycles. The van der Waals surface area contributed by atoms with Gasteiger partial charge in [0.2, 0.25) is 0 Å². The Hall–Kier alpha value is -4.36. The molecule has 0 spiro atoms. The molecule has 43 heavy (non-hydrogen) atoms. The van der Waals surface area contributed by atoms with Crippen LogP contribution in [-0.4, -0.2) is 0 Å². The van der Waals surface area contributed by atoms with Crippen molar-refractivity contribution in [3.8, 4) is 0 Å². The highest BCUT2D eigenvalue weighted by Crippen LogP contribution is 2.39. The molecular weight excluding hydrogens is 518 g/mol. The van der Waals surface area contributed by atoms with E-state index in [1.54, 1.807) is 6.08 Å². The van der Waals surface area contributed by atoms with E-state index in [0.29, 0.717) is 0 Å². The molecule has 1 aliphatic rings. The average molecular weight is 572 g/mol. The number of allylic oxidation sites excluding steroid dienone is 13. The lowest BCUT2D eigenvalue weighted by atomic mass is 9.92. The quantitative estimate of drug-likeness (QED) is 0.202. The minimum atomic E-state index is 0.960. The van der Waals surface area contributed by atoms with Crippen LogP contribution in [0.2, 0.25) is 0 Å². The van der Waals surface area contributed by atoms with Crippen LogP contribution in [0.4, 0.5) is 11.4 Å². The third kappa shape index (κ3) is 10.5. The summed E-state index contributed by atoms with van der Waals surface area (Å²) in [6.45, 7) is 28.2. The molecule has 0 aromatic heterocycles. The first-order valence-electron chi connectivity index (χ1n) is 15.5. The van der Waals surface area contributed by atoms with Gasteiger partial charge in [-0.05, 0) is 99.6 Å². The van der Waals surface area contributed by atoms with Crippen LogP contribution in [0.1, 0.15) is 90.5 Å². The number of nitrogens with zero attached hydrogens (tertiary/aromatic N) is 1. The van der Waals surface area contributed by atoms with Gasteiger partial charge in [0.25, 0.3) is 0 Å². The van der Waals surface area contributed by atoms with E-state index in [-0.39, 0.29) is 0 Å². The predicted octanol–water partition coefficient (Wildman–Crippen LogP) is 13.5. The molecule has 2 aromatic carbocycles. The van der Waals surface area contributed by atoms with E-state index in [1.165, 1.54) is 16.7 Å². The topological polar surface area (TPSA) is 3.24 Å². The Bertz CT molecular complexity index is 1410. The van der Waals surface area contributed by atoms with Crippen LogP contribution >= 0.6 is 0 Å². The van der Waals surface area contributed by atoms with Gasteiger partial charge in [0, 0.05) is 16.9 Å². The van der Waals surface area contributed by atoms with Crippen LogP contribution in [0, 0.1) is 0 Å². The van der Waals surface area contributed by atoms with Crippen molar-refractivity contribution in [2.75, 3.05) is 4.90 Å². The molecule has 226 valence electrons. The van der Waals surface area contributed by atoms with Crippen molar-refractivity contribution in [3.63, 3.8) is 0 Å². The second kappa shape index (κ2) is 20.5. The average Bonchev–Trinajstić information content (AvgIpc) is 3.25. The molecule has 0 unspecified atom stereocenters. The molecule has 0 aliphatic heterocycles. The highest BCUT2D eigenvalue weighted by Gasteiger charge is 2.19. The maximum absolute atomic E-state index is 4.18. The zero-order chi connectivity index (χ0) is 32.2. The Morgan fingerprint density at radius 3 is 2.05 bits per heavy atom. The summed E-state index contributed by atoms with van der Waals surface area (Å²) >= 11 is 0. The van der Waals surface area contributed by atoms with E-state index in [0.717, 1.165) is 52.2 Å². The highest BCUT2D eigenvalue weighted by atomic mass is 15.1. The van der Waals surface area contributed by atoms with Crippen LogP contribution in [0.25, 0.3) is 24.3 Å². The summed E-state index contributed by atoms with van der Waals surface area (Å²) in [5.41, 5.74) is 11.7. The van der Waals surface area contributed by atoms with Gasteiger partial charge < -0.3 is 4.90 Å².